The number of likely N-dealkylation sites (N-methyl/N-ethyl adjacent to an activating group) is 1. The minimum atomic E-state index is -0.717. The highest BCUT2D eigenvalue weighted by molar-refractivity contribution is 5.77. The van der Waals surface area contributed by atoms with Crippen molar-refractivity contribution in [2.75, 3.05) is 19.6 Å². The van der Waals surface area contributed by atoms with E-state index < -0.39 is 5.60 Å². The van der Waals surface area contributed by atoms with Gasteiger partial charge in [0.05, 0.1) is 12.0 Å². The van der Waals surface area contributed by atoms with Crippen LogP contribution in [0.25, 0.3) is 0 Å². The lowest BCUT2D eigenvalue weighted by Gasteiger charge is -2.23. The Balaban J connectivity index is 1.62. The molecule has 0 radical (unpaired) electrons. The first-order valence-corrected chi connectivity index (χ1v) is 7.36. The van der Waals surface area contributed by atoms with Gasteiger partial charge < -0.3 is 10.4 Å². The quantitative estimate of drug-likeness (QED) is 0.719. The fourth-order valence-corrected chi connectivity index (χ4v) is 2.95. The standard InChI is InChI=1S/C14H26N2O2/c1-2-16(12-5-6-12)10-9-15-13(17)11-14(18)7-3-4-8-14/h12,18H,2-11H2,1H3,(H,15,17). The number of hydrogen-bond acceptors (Lipinski definition) is 3. The molecule has 0 aliphatic heterocycles. The van der Waals surface area contributed by atoms with Gasteiger partial charge in [0.2, 0.25) is 5.91 Å². The Morgan fingerprint density at radius 2 is 2.06 bits per heavy atom. The van der Waals surface area contributed by atoms with Crippen LogP contribution in [0.15, 0.2) is 0 Å². The maximum Gasteiger partial charge on any atom is 0.222 e. The highest BCUT2D eigenvalue weighted by Gasteiger charge is 2.33. The van der Waals surface area contributed by atoms with Crippen LogP contribution in [0.5, 0.6) is 0 Å². The van der Waals surface area contributed by atoms with Crippen molar-refractivity contribution in [2.24, 2.45) is 0 Å². The van der Waals surface area contributed by atoms with Crippen LogP contribution in [0.3, 0.4) is 0 Å². The SMILES string of the molecule is CCN(CCNC(=O)CC1(O)CCCC1)C1CC1. The Bertz CT molecular complexity index is 284. The Labute approximate surface area is 110 Å². The maximum atomic E-state index is 11.8. The molecule has 4 heteroatoms. The second-order valence-electron chi connectivity index (χ2n) is 5.82. The number of amides is 1. The maximum absolute atomic E-state index is 11.8. The Hall–Kier alpha value is -0.610. The molecule has 2 aliphatic rings. The van der Waals surface area contributed by atoms with E-state index in [0.29, 0.717) is 6.54 Å². The number of hydrogen-bond donors (Lipinski definition) is 2. The molecule has 0 bridgehead atoms. The van der Waals surface area contributed by atoms with E-state index in [1.54, 1.807) is 0 Å². The van der Waals surface area contributed by atoms with E-state index in [9.17, 15) is 9.90 Å². The van der Waals surface area contributed by atoms with Crippen LogP contribution in [-0.4, -0.2) is 47.2 Å². The van der Waals surface area contributed by atoms with Crippen LogP contribution in [0.2, 0.25) is 0 Å². The Kier molecular flexibility index (Phi) is 4.62. The van der Waals surface area contributed by atoms with Gasteiger partial charge in [-0.2, -0.15) is 0 Å². The van der Waals surface area contributed by atoms with Gasteiger partial charge in [0, 0.05) is 19.1 Å². The number of nitrogens with one attached hydrogen (secondary N) is 1. The minimum absolute atomic E-state index is 0.00579. The van der Waals surface area contributed by atoms with Gasteiger partial charge in [-0.25, -0.2) is 0 Å². The van der Waals surface area contributed by atoms with Crippen molar-refractivity contribution >= 4 is 5.91 Å². The average Bonchev–Trinajstić information content (AvgIpc) is 3.08. The molecule has 0 atom stereocenters. The van der Waals surface area contributed by atoms with E-state index in [2.05, 4.69) is 17.1 Å². The van der Waals surface area contributed by atoms with E-state index in [-0.39, 0.29) is 12.3 Å². The predicted molar refractivity (Wildman–Crippen MR) is 71.3 cm³/mol. The summed E-state index contributed by atoms with van der Waals surface area (Å²) in [5.74, 6) is 0.00579. The second kappa shape index (κ2) is 6.02. The fraction of sp³-hybridized carbons (Fsp3) is 0.929. The minimum Gasteiger partial charge on any atom is -0.389 e. The molecule has 2 N–H and O–H groups in total. The zero-order valence-electron chi connectivity index (χ0n) is 11.5. The molecule has 2 rings (SSSR count). The predicted octanol–water partition coefficient (Wildman–Crippen LogP) is 1.28. The normalized spacial score (nSPS) is 22.4. The van der Waals surface area contributed by atoms with Crippen LogP contribution in [-0.2, 0) is 4.79 Å². The van der Waals surface area contributed by atoms with Crippen LogP contribution in [0.1, 0.15) is 51.9 Å². The summed E-state index contributed by atoms with van der Waals surface area (Å²) in [4.78, 5) is 14.2. The third-order valence-corrected chi connectivity index (χ3v) is 4.21. The summed E-state index contributed by atoms with van der Waals surface area (Å²) in [6.45, 7) is 4.87. The highest BCUT2D eigenvalue weighted by Crippen LogP contribution is 2.32. The van der Waals surface area contributed by atoms with Crippen LogP contribution < -0.4 is 5.32 Å². The summed E-state index contributed by atoms with van der Waals surface area (Å²) < 4.78 is 0. The summed E-state index contributed by atoms with van der Waals surface area (Å²) in [5.41, 5.74) is -0.717. The van der Waals surface area contributed by atoms with Crippen molar-refractivity contribution in [1.82, 2.24) is 10.2 Å². The molecule has 0 aromatic rings. The van der Waals surface area contributed by atoms with Crippen molar-refractivity contribution in [2.45, 2.75) is 63.5 Å². The lowest BCUT2D eigenvalue weighted by atomic mass is 9.98. The number of nitrogens with zero attached hydrogens (tertiary/aromatic N) is 1. The van der Waals surface area contributed by atoms with Gasteiger partial charge in [-0.15, -0.1) is 0 Å². The van der Waals surface area contributed by atoms with Gasteiger partial charge in [0.15, 0.2) is 0 Å². The molecule has 4 nitrogen and oxygen atoms in total. The van der Waals surface area contributed by atoms with Gasteiger partial charge in [0.1, 0.15) is 0 Å². The van der Waals surface area contributed by atoms with Gasteiger partial charge in [-0.05, 0) is 32.2 Å². The first-order valence-electron chi connectivity index (χ1n) is 7.36. The molecule has 2 fully saturated rings. The summed E-state index contributed by atoms with van der Waals surface area (Å²) in [6, 6.07) is 0.755. The molecular weight excluding hydrogens is 228 g/mol. The van der Waals surface area contributed by atoms with Crippen molar-refractivity contribution in [3.05, 3.63) is 0 Å². The van der Waals surface area contributed by atoms with E-state index in [0.717, 1.165) is 44.8 Å². The molecule has 104 valence electrons. The molecule has 0 aromatic carbocycles. The largest absolute Gasteiger partial charge is 0.389 e. The molecule has 2 saturated carbocycles. The highest BCUT2D eigenvalue weighted by atomic mass is 16.3. The van der Waals surface area contributed by atoms with Gasteiger partial charge in [-0.3, -0.25) is 9.69 Å². The molecule has 0 spiro atoms. The molecule has 0 heterocycles. The third kappa shape index (κ3) is 3.95. The number of carbonyl (C=O) groups is 1. The lowest BCUT2D eigenvalue weighted by Crippen LogP contribution is -2.39. The zero-order valence-corrected chi connectivity index (χ0v) is 11.5. The van der Waals surface area contributed by atoms with Crippen molar-refractivity contribution in [3.8, 4) is 0 Å². The third-order valence-electron chi connectivity index (χ3n) is 4.21. The van der Waals surface area contributed by atoms with Crippen molar-refractivity contribution < 1.29 is 9.90 Å². The van der Waals surface area contributed by atoms with Gasteiger partial charge in [-0.1, -0.05) is 19.8 Å². The smallest absolute Gasteiger partial charge is 0.222 e. The summed E-state index contributed by atoms with van der Waals surface area (Å²) in [7, 11) is 0. The van der Waals surface area contributed by atoms with Gasteiger partial charge in [0.25, 0.3) is 0 Å². The van der Waals surface area contributed by atoms with Crippen LogP contribution in [0, 0.1) is 0 Å². The number of aliphatic hydroxyl groups is 1. The number of carbonyl (C=O) groups excluding carboxylic acids is 1. The lowest BCUT2D eigenvalue weighted by molar-refractivity contribution is -0.125. The van der Waals surface area contributed by atoms with Crippen LogP contribution >= 0.6 is 0 Å². The fourth-order valence-electron chi connectivity index (χ4n) is 2.95. The Morgan fingerprint density at radius 3 is 2.61 bits per heavy atom. The van der Waals surface area contributed by atoms with Crippen molar-refractivity contribution in [1.29, 1.82) is 0 Å². The van der Waals surface area contributed by atoms with Crippen LogP contribution in [0.4, 0.5) is 0 Å². The van der Waals surface area contributed by atoms with Crippen molar-refractivity contribution in [3.63, 3.8) is 0 Å². The molecule has 18 heavy (non-hydrogen) atoms. The van der Waals surface area contributed by atoms with E-state index in [4.69, 9.17) is 0 Å². The number of rotatable bonds is 7. The Morgan fingerprint density at radius 1 is 1.39 bits per heavy atom. The first kappa shape index (κ1) is 13.8. The summed E-state index contributed by atoms with van der Waals surface area (Å²) in [6.07, 6.45) is 6.56. The molecule has 1 amide bonds. The molecule has 0 aromatic heterocycles. The molecule has 2 aliphatic carbocycles. The molecule has 0 unspecified atom stereocenters. The first-order chi connectivity index (χ1) is 8.63. The van der Waals surface area contributed by atoms with E-state index >= 15 is 0 Å². The summed E-state index contributed by atoms with van der Waals surface area (Å²) >= 11 is 0. The van der Waals surface area contributed by atoms with Gasteiger partial charge >= 0.3 is 0 Å². The average molecular weight is 254 g/mol. The molecular formula is C14H26N2O2. The topological polar surface area (TPSA) is 52.6 Å². The van der Waals surface area contributed by atoms with E-state index in [1.807, 2.05) is 0 Å². The molecule has 0 saturated heterocycles. The summed E-state index contributed by atoms with van der Waals surface area (Å²) in [5, 5.41) is 13.1. The van der Waals surface area contributed by atoms with E-state index in [1.165, 1.54) is 12.8 Å². The zero-order chi connectivity index (χ0) is 13.0. The monoisotopic (exact) mass is 254 g/mol. The second-order valence-corrected chi connectivity index (χ2v) is 5.82.